The van der Waals surface area contributed by atoms with E-state index < -0.39 is 0 Å². The number of para-hydroxylation sites is 1. The topological polar surface area (TPSA) is 25.2 Å². The van der Waals surface area contributed by atoms with Gasteiger partial charge >= 0.3 is 0 Å². The van der Waals surface area contributed by atoms with Crippen molar-refractivity contribution in [3.63, 3.8) is 0 Å². The van der Waals surface area contributed by atoms with Crippen LogP contribution in [0.15, 0.2) is 28.7 Å². The molecule has 2 nitrogen and oxygen atoms in total. The number of fused-ring (bicyclic) bond motifs is 1. The number of terminal acetylenes is 1. The van der Waals surface area contributed by atoms with Gasteiger partial charge < -0.3 is 9.73 Å². The van der Waals surface area contributed by atoms with E-state index in [9.17, 15) is 0 Å². The Labute approximate surface area is 99.6 Å². The summed E-state index contributed by atoms with van der Waals surface area (Å²) in [5.74, 6) is 2.58. The molecule has 1 heterocycles. The molecular formula is C13H12ClNO. The van der Waals surface area contributed by atoms with E-state index in [1.807, 2.05) is 24.3 Å². The number of halogens is 1. The molecule has 0 aliphatic carbocycles. The summed E-state index contributed by atoms with van der Waals surface area (Å²) in [4.78, 5) is 0. The van der Waals surface area contributed by atoms with Gasteiger partial charge in [-0.05, 0) is 17.7 Å². The molecule has 0 unspecified atom stereocenters. The molecule has 3 heteroatoms. The van der Waals surface area contributed by atoms with E-state index >= 15 is 0 Å². The van der Waals surface area contributed by atoms with Crippen molar-refractivity contribution in [1.82, 2.24) is 5.32 Å². The first-order chi connectivity index (χ1) is 7.83. The van der Waals surface area contributed by atoms with Crippen LogP contribution in [0.3, 0.4) is 0 Å². The molecule has 0 atom stereocenters. The number of hydrogen-bond acceptors (Lipinski definition) is 2. The van der Waals surface area contributed by atoms with Gasteiger partial charge in [0, 0.05) is 30.5 Å². The van der Waals surface area contributed by atoms with Crippen molar-refractivity contribution in [3.8, 4) is 12.3 Å². The summed E-state index contributed by atoms with van der Waals surface area (Å²) in [7, 11) is 0. The van der Waals surface area contributed by atoms with Gasteiger partial charge in [-0.2, -0.15) is 0 Å². The van der Waals surface area contributed by atoms with Crippen molar-refractivity contribution in [2.45, 2.75) is 13.0 Å². The van der Waals surface area contributed by atoms with E-state index in [1.165, 1.54) is 0 Å². The van der Waals surface area contributed by atoms with Gasteiger partial charge in [0.1, 0.15) is 5.58 Å². The van der Waals surface area contributed by atoms with Crippen LogP contribution in [-0.4, -0.2) is 6.54 Å². The lowest BCUT2D eigenvalue weighted by atomic mass is 10.2. The second kappa shape index (κ2) is 5.07. The molecule has 82 valence electrons. The Morgan fingerprint density at radius 3 is 3.00 bits per heavy atom. The summed E-state index contributed by atoms with van der Waals surface area (Å²) >= 11 is 6.03. The van der Waals surface area contributed by atoms with E-state index in [0.29, 0.717) is 18.2 Å². The van der Waals surface area contributed by atoms with Crippen LogP contribution in [0.2, 0.25) is 5.22 Å². The van der Waals surface area contributed by atoms with Gasteiger partial charge in [0.2, 0.25) is 0 Å². The van der Waals surface area contributed by atoms with Crippen LogP contribution < -0.4 is 5.32 Å². The minimum atomic E-state index is 0.453. The molecule has 0 aliphatic rings. The fraction of sp³-hybridized carbons (Fsp3) is 0.231. The van der Waals surface area contributed by atoms with Crippen molar-refractivity contribution < 1.29 is 4.42 Å². The molecule has 0 spiro atoms. The molecule has 1 aromatic heterocycles. The van der Waals surface area contributed by atoms with Crippen LogP contribution >= 0.6 is 11.6 Å². The maximum Gasteiger partial charge on any atom is 0.199 e. The van der Waals surface area contributed by atoms with E-state index in [1.54, 1.807) is 0 Å². The average Bonchev–Trinajstić information content (AvgIpc) is 2.61. The van der Waals surface area contributed by atoms with Gasteiger partial charge in [-0.25, -0.2) is 0 Å². The van der Waals surface area contributed by atoms with Gasteiger partial charge in [-0.1, -0.05) is 18.2 Å². The Hall–Kier alpha value is -1.43. The third-order valence-corrected chi connectivity index (χ3v) is 2.70. The lowest BCUT2D eigenvalue weighted by Crippen LogP contribution is -2.14. The van der Waals surface area contributed by atoms with E-state index in [2.05, 4.69) is 11.2 Å². The van der Waals surface area contributed by atoms with Crippen LogP contribution in [-0.2, 0) is 6.54 Å². The predicted octanol–water partition coefficient (Wildman–Crippen LogP) is 3.20. The van der Waals surface area contributed by atoms with Crippen LogP contribution in [0.5, 0.6) is 0 Å². The Balaban J connectivity index is 2.17. The highest BCUT2D eigenvalue weighted by molar-refractivity contribution is 6.30. The summed E-state index contributed by atoms with van der Waals surface area (Å²) in [6.45, 7) is 1.46. The maximum absolute atomic E-state index is 6.03. The van der Waals surface area contributed by atoms with E-state index in [-0.39, 0.29) is 0 Å². The SMILES string of the molecule is C#CCCNCc1c(Cl)oc2ccccc12. The summed E-state index contributed by atoms with van der Waals surface area (Å²) < 4.78 is 5.44. The minimum absolute atomic E-state index is 0.453. The summed E-state index contributed by atoms with van der Waals surface area (Å²) in [5, 5.41) is 4.74. The fourth-order valence-corrected chi connectivity index (χ4v) is 1.86. The first-order valence-electron chi connectivity index (χ1n) is 5.13. The summed E-state index contributed by atoms with van der Waals surface area (Å²) in [6, 6.07) is 7.81. The van der Waals surface area contributed by atoms with Gasteiger partial charge in [0.15, 0.2) is 5.22 Å². The summed E-state index contributed by atoms with van der Waals surface area (Å²) in [6.07, 6.45) is 5.89. The molecule has 0 fully saturated rings. The first kappa shape index (κ1) is 11.1. The number of hydrogen-bond donors (Lipinski definition) is 1. The molecule has 0 bridgehead atoms. The molecule has 1 N–H and O–H groups in total. The lowest BCUT2D eigenvalue weighted by Gasteiger charge is -2.00. The molecule has 2 rings (SSSR count). The maximum atomic E-state index is 6.03. The largest absolute Gasteiger partial charge is 0.444 e. The van der Waals surface area contributed by atoms with Crippen LogP contribution in [0.25, 0.3) is 11.0 Å². The highest BCUT2D eigenvalue weighted by Crippen LogP contribution is 2.29. The Bertz CT molecular complexity index is 524. The highest BCUT2D eigenvalue weighted by atomic mass is 35.5. The number of nitrogens with one attached hydrogen (secondary N) is 1. The van der Waals surface area contributed by atoms with Crippen molar-refractivity contribution in [2.24, 2.45) is 0 Å². The Morgan fingerprint density at radius 1 is 1.38 bits per heavy atom. The zero-order valence-corrected chi connectivity index (χ0v) is 9.55. The number of benzene rings is 1. The van der Waals surface area contributed by atoms with Crippen LogP contribution in [0.1, 0.15) is 12.0 Å². The van der Waals surface area contributed by atoms with Gasteiger partial charge in [-0.3, -0.25) is 0 Å². The molecule has 0 amide bonds. The minimum Gasteiger partial charge on any atom is -0.444 e. The standard InChI is InChI=1S/C13H12ClNO/c1-2-3-8-15-9-11-10-6-4-5-7-12(10)16-13(11)14/h1,4-7,15H,3,8-9H2. The van der Waals surface area contributed by atoms with Crippen molar-refractivity contribution in [3.05, 3.63) is 35.0 Å². The zero-order valence-electron chi connectivity index (χ0n) is 8.79. The third-order valence-electron chi connectivity index (χ3n) is 2.40. The second-order valence-electron chi connectivity index (χ2n) is 3.48. The Kier molecular flexibility index (Phi) is 3.51. The highest BCUT2D eigenvalue weighted by Gasteiger charge is 2.10. The van der Waals surface area contributed by atoms with Gasteiger partial charge in [-0.15, -0.1) is 12.3 Å². The Morgan fingerprint density at radius 2 is 2.19 bits per heavy atom. The molecule has 16 heavy (non-hydrogen) atoms. The smallest absolute Gasteiger partial charge is 0.199 e. The van der Waals surface area contributed by atoms with Crippen molar-refractivity contribution in [2.75, 3.05) is 6.54 Å². The monoisotopic (exact) mass is 233 g/mol. The second-order valence-corrected chi connectivity index (χ2v) is 3.82. The quantitative estimate of drug-likeness (QED) is 0.648. The van der Waals surface area contributed by atoms with Crippen molar-refractivity contribution in [1.29, 1.82) is 0 Å². The molecule has 0 saturated carbocycles. The first-order valence-corrected chi connectivity index (χ1v) is 5.51. The fourth-order valence-electron chi connectivity index (χ4n) is 1.61. The molecular weight excluding hydrogens is 222 g/mol. The molecule has 2 aromatic rings. The number of rotatable bonds is 4. The van der Waals surface area contributed by atoms with Crippen LogP contribution in [0.4, 0.5) is 0 Å². The number of furan rings is 1. The molecule has 0 radical (unpaired) electrons. The summed E-state index contributed by atoms with van der Waals surface area (Å²) in [5.41, 5.74) is 1.82. The van der Waals surface area contributed by atoms with Crippen molar-refractivity contribution >= 4 is 22.6 Å². The third kappa shape index (κ3) is 2.21. The lowest BCUT2D eigenvalue weighted by molar-refractivity contribution is 0.605. The van der Waals surface area contributed by atoms with E-state index in [4.69, 9.17) is 22.4 Å². The van der Waals surface area contributed by atoms with E-state index in [0.717, 1.165) is 23.1 Å². The molecule has 1 aromatic carbocycles. The van der Waals surface area contributed by atoms with Gasteiger partial charge in [0.05, 0.1) is 0 Å². The zero-order chi connectivity index (χ0) is 11.4. The average molecular weight is 234 g/mol. The predicted molar refractivity (Wildman–Crippen MR) is 66.4 cm³/mol. The molecule has 0 saturated heterocycles. The normalized spacial score (nSPS) is 10.5. The van der Waals surface area contributed by atoms with Gasteiger partial charge in [0.25, 0.3) is 0 Å². The van der Waals surface area contributed by atoms with Crippen LogP contribution in [0, 0.1) is 12.3 Å². The molecule has 0 aliphatic heterocycles.